The standard InChI is InChI=1S/C27H21N5O6/c1-35-10-11-36-24-14-22-20(12-16(24)15-28)23(8-9-29-22)37-19-5-2-17(3-6-19)30-26(33)31-18-4-7-21-25(13-18)38-27(34)32-21/h2-9,12-14H,10-11H2,1H3,(H,32,34)(H2,30,31,33). The minimum absolute atomic E-state index is 0.311. The van der Waals surface area contributed by atoms with E-state index in [1.807, 2.05) is 0 Å². The largest absolute Gasteiger partial charge is 0.490 e. The van der Waals surface area contributed by atoms with Gasteiger partial charge in [0, 0.05) is 42.2 Å². The molecule has 0 spiro atoms. The number of carbonyl (C=O) groups excluding carboxylic acids is 1. The maximum absolute atomic E-state index is 12.4. The van der Waals surface area contributed by atoms with E-state index in [2.05, 4.69) is 26.7 Å². The third-order valence-corrected chi connectivity index (χ3v) is 5.49. The molecule has 11 nitrogen and oxygen atoms in total. The minimum atomic E-state index is -0.564. The molecule has 0 bridgehead atoms. The number of H-pyrrole nitrogens is 1. The maximum atomic E-state index is 12.4. The lowest BCUT2D eigenvalue weighted by Crippen LogP contribution is -2.19. The number of nitrogens with one attached hydrogen (secondary N) is 3. The number of hydrogen-bond donors (Lipinski definition) is 3. The predicted molar refractivity (Wildman–Crippen MR) is 140 cm³/mol. The number of urea groups is 1. The molecule has 0 fully saturated rings. The van der Waals surface area contributed by atoms with E-state index in [1.54, 1.807) is 74.0 Å². The number of anilines is 2. The highest BCUT2D eigenvalue weighted by Crippen LogP contribution is 2.33. The molecule has 3 aromatic carbocycles. The van der Waals surface area contributed by atoms with E-state index in [4.69, 9.17) is 18.6 Å². The quantitative estimate of drug-likeness (QED) is 0.246. The molecule has 0 atom stereocenters. The molecular formula is C27H21N5O6. The number of carbonyl (C=O) groups is 1. The Hall–Kier alpha value is -5.34. The van der Waals surface area contributed by atoms with Crippen molar-refractivity contribution in [1.29, 1.82) is 5.26 Å². The highest BCUT2D eigenvalue weighted by atomic mass is 16.5. The number of methoxy groups -OCH3 is 1. The van der Waals surface area contributed by atoms with Gasteiger partial charge in [-0.1, -0.05) is 0 Å². The summed E-state index contributed by atoms with van der Waals surface area (Å²) >= 11 is 0. The van der Waals surface area contributed by atoms with Crippen LogP contribution in [0.25, 0.3) is 22.0 Å². The van der Waals surface area contributed by atoms with Crippen LogP contribution >= 0.6 is 0 Å². The Kier molecular flexibility index (Phi) is 6.88. The fraction of sp³-hybridized carbons (Fsp3) is 0.111. The average Bonchev–Trinajstić information content (AvgIpc) is 3.29. The molecule has 0 unspecified atom stereocenters. The van der Waals surface area contributed by atoms with E-state index < -0.39 is 11.8 Å². The number of aromatic nitrogens is 2. The van der Waals surface area contributed by atoms with E-state index in [1.165, 1.54) is 0 Å². The van der Waals surface area contributed by atoms with Gasteiger partial charge in [-0.3, -0.25) is 9.97 Å². The van der Waals surface area contributed by atoms with Gasteiger partial charge in [-0.15, -0.1) is 0 Å². The lowest BCUT2D eigenvalue weighted by Gasteiger charge is -2.12. The number of benzene rings is 3. The lowest BCUT2D eigenvalue weighted by molar-refractivity contribution is 0.146. The molecule has 0 aliphatic heterocycles. The van der Waals surface area contributed by atoms with E-state index in [9.17, 15) is 14.9 Å². The second kappa shape index (κ2) is 10.7. The molecule has 38 heavy (non-hydrogen) atoms. The summed E-state index contributed by atoms with van der Waals surface area (Å²) in [6.45, 7) is 0.709. The van der Waals surface area contributed by atoms with Crippen molar-refractivity contribution in [2.75, 3.05) is 31.0 Å². The Morgan fingerprint density at radius 1 is 1.03 bits per heavy atom. The Morgan fingerprint density at radius 2 is 1.82 bits per heavy atom. The maximum Gasteiger partial charge on any atom is 0.417 e. The molecule has 2 heterocycles. The molecule has 0 saturated carbocycles. The first-order valence-corrected chi connectivity index (χ1v) is 11.5. The third kappa shape index (κ3) is 5.40. The first kappa shape index (κ1) is 24.4. The number of hydrogen-bond acceptors (Lipinski definition) is 8. The SMILES string of the molecule is COCCOc1cc2nccc(Oc3ccc(NC(=O)Nc4ccc5[nH]c(=O)oc5c4)cc3)c2cc1C#N. The molecule has 11 heteroatoms. The molecule has 2 amide bonds. The van der Waals surface area contributed by atoms with Gasteiger partial charge in [-0.05, 0) is 48.5 Å². The van der Waals surface area contributed by atoms with Crippen LogP contribution in [-0.2, 0) is 4.74 Å². The number of fused-ring (bicyclic) bond motifs is 2. The second-order valence-electron chi connectivity index (χ2n) is 8.06. The number of nitriles is 1. The molecule has 0 radical (unpaired) electrons. The predicted octanol–water partition coefficient (Wildman–Crippen LogP) is 5.00. The molecule has 0 aliphatic carbocycles. The highest BCUT2D eigenvalue weighted by molar-refractivity contribution is 6.00. The number of amides is 2. The zero-order valence-corrected chi connectivity index (χ0v) is 20.1. The van der Waals surface area contributed by atoms with Crippen LogP contribution in [0.5, 0.6) is 17.2 Å². The Balaban J connectivity index is 1.27. The molecule has 3 N–H and O–H groups in total. The smallest absolute Gasteiger partial charge is 0.417 e. The van der Waals surface area contributed by atoms with Gasteiger partial charge in [0.25, 0.3) is 0 Å². The Bertz CT molecular complexity index is 1720. The number of ether oxygens (including phenoxy) is 3. The number of pyridine rings is 1. The fourth-order valence-corrected chi connectivity index (χ4v) is 3.73. The minimum Gasteiger partial charge on any atom is -0.490 e. The van der Waals surface area contributed by atoms with Crippen LogP contribution in [0.4, 0.5) is 16.2 Å². The van der Waals surface area contributed by atoms with Gasteiger partial charge in [0.2, 0.25) is 0 Å². The summed E-state index contributed by atoms with van der Waals surface area (Å²) in [4.78, 5) is 30.6. The Labute approximate surface area is 215 Å². The fourth-order valence-electron chi connectivity index (χ4n) is 3.73. The first-order chi connectivity index (χ1) is 18.5. The van der Waals surface area contributed by atoms with Crippen molar-refractivity contribution < 1.29 is 23.4 Å². The summed E-state index contributed by atoms with van der Waals surface area (Å²) < 4.78 is 21.7. The molecule has 0 aliphatic rings. The number of rotatable bonds is 8. The third-order valence-electron chi connectivity index (χ3n) is 5.49. The van der Waals surface area contributed by atoms with Crippen molar-refractivity contribution in [2.45, 2.75) is 0 Å². The normalized spacial score (nSPS) is 10.7. The van der Waals surface area contributed by atoms with Gasteiger partial charge >= 0.3 is 11.8 Å². The topological polar surface area (TPSA) is 152 Å². The summed E-state index contributed by atoms with van der Waals surface area (Å²) in [6, 6.07) is 18.4. The van der Waals surface area contributed by atoms with E-state index in [-0.39, 0.29) is 0 Å². The van der Waals surface area contributed by atoms with Crippen molar-refractivity contribution in [3.63, 3.8) is 0 Å². The van der Waals surface area contributed by atoms with Gasteiger partial charge in [0.15, 0.2) is 5.58 Å². The van der Waals surface area contributed by atoms with Gasteiger partial charge < -0.3 is 29.3 Å². The van der Waals surface area contributed by atoms with Crippen LogP contribution in [0.2, 0.25) is 0 Å². The molecule has 190 valence electrons. The van der Waals surface area contributed by atoms with Gasteiger partial charge in [0.1, 0.15) is 29.9 Å². The monoisotopic (exact) mass is 511 g/mol. The lowest BCUT2D eigenvalue weighted by atomic mass is 10.1. The summed E-state index contributed by atoms with van der Waals surface area (Å²) in [6.07, 6.45) is 1.61. The van der Waals surface area contributed by atoms with Gasteiger partial charge in [-0.25, -0.2) is 9.59 Å². The summed E-state index contributed by atoms with van der Waals surface area (Å²) in [7, 11) is 1.57. The molecule has 5 rings (SSSR count). The zero-order valence-electron chi connectivity index (χ0n) is 20.1. The van der Waals surface area contributed by atoms with Gasteiger partial charge in [0.05, 0.1) is 23.2 Å². The summed E-state index contributed by atoms with van der Waals surface area (Å²) in [5.74, 6) is 0.898. The second-order valence-corrected chi connectivity index (χ2v) is 8.06. The zero-order chi connectivity index (χ0) is 26.5. The van der Waals surface area contributed by atoms with Crippen LogP contribution < -0.4 is 25.9 Å². The first-order valence-electron chi connectivity index (χ1n) is 11.5. The van der Waals surface area contributed by atoms with Crippen molar-refractivity contribution in [3.05, 3.63) is 83.0 Å². The van der Waals surface area contributed by atoms with Crippen LogP contribution in [0.1, 0.15) is 5.56 Å². The number of aromatic amines is 1. The van der Waals surface area contributed by atoms with Gasteiger partial charge in [-0.2, -0.15) is 5.26 Å². The van der Waals surface area contributed by atoms with Crippen molar-refractivity contribution in [3.8, 4) is 23.3 Å². The van der Waals surface area contributed by atoms with Crippen molar-refractivity contribution in [1.82, 2.24) is 9.97 Å². The molecule has 5 aromatic rings. The van der Waals surface area contributed by atoms with Crippen LogP contribution in [-0.4, -0.2) is 36.3 Å². The van der Waals surface area contributed by atoms with Crippen molar-refractivity contribution in [2.24, 2.45) is 0 Å². The molecular weight excluding hydrogens is 490 g/mol. The van der Waals surface area contributed by atoms with Crippen LogP contribution in [0, 0.1) is 11.3 Å². The van der Waals surface area contributed by atoms with Crippen molar-refractivity contribution >= 4 is 39.4 Å². The van der Waals surface area contributed by atoms with E-state index in [0.717, 1.165) is 0 Å². The Morgan fingerprint density at radius 3 is 2.61 bits per heavy atom. The number of nitrogens with zero attached hydrogens (tertiary/aromatic N) is 2. The molecule has 2 aromatic heterocycles. The molecule has 0 saturated heterocycles. The summed E-state index contributed by atoms with van der Waals surface area (Å²) in [5, 5.41) is 15.7. The summed E-state index contributed by atoms with van der Waals surface area (Å²) in [5.41, 5.74) is 2.85. The number of oxazole rings is 1. The highest BCUT2D eigenvalue weighted by Gasteiger charge is 2.12. The van der Waals surface area contributed by atoms with E-state index >= 15 is 0 Å². The van der Waals surface area contributed by atoms with E-state index in [0.29, 0.717) is 69.4 Å². The van der Waals surface area contributed by atoms with Crippen LogP contribution in [0.15, 0.2) is 76.1 Å². The van der Waals surface area contributed by atoms with Crippen LogP contribution in [0.3, 0.4) is 0 Å². The average molecular weight is 511 g/mol.